The molecule has 0 atom stereocenters. The van der Waals surface area contributed by atoms with Crippen molar-refractivity contribution in [2.45, 2.75) is 38.9 Å². The highest BCUT2D eigenvalue weighted by atomic mass is 28.3. The van der Waals surface area contributed by atoms with Crippen LogP contribution >= 0.6 is 0 Å². The van der Waals surface area contributed by atoms with Gasteiger partial charge < -0.3 is 0 Å². The number of carbonyl (C=O) groups is 1. The molecule has 1 aromatic rings. The van der Waals surface area contributed by atoms with E-state index < -0.39 is 8.07 Å². The smallest absolute Gasteiger partial charge is 0.163 e. The minimum atomic E-state index is -1.23. The highest BCUT2D eigenvalue weighted by Gasteiger charge is 2.21. The minimum Gasteiger partial charge on any atom is -0.294 e. The summed E-state index contributed by atoms with van der Waals surface area (Å²) < 4.78 is 0. The van der Waals surface area contributed by atoms with Gasteiger partial charge in [0.2, 0.25) is 0 Å². The fraction of sp³-hybridized carbons (Fsp3) is 0.462. The Kier molecular flexibility index (Phi) is 2.55. The summed E-state index contributed by atoms with van der Waals surface area (Å²) >= 11 is 0. The number of ketones is 1. The van der Waals surface area contributed by atoms with Crippen molar-refractivity contribution in [1.82, 2.24) is 0 Å². The van der Waals surface area contributed by atoms with Crippen LogP contribution in [-0.2, 0) is 6.42 Å². The Morgan fingerprint density at radius 2 is 1.87 bits per heavy atom. The number of benzene rings is 1. The van der Waals surface area contributed by atoms with Crippen molar-refractivity contribution >= 4 is 19.0 Å². The van der Waals surface area contributed by atoms with E-state index in [2.05, 4.69) is 31.8 Å². The van der Waals surface area contributed by atoms with Crippen molar-refractivity contribution in [3.05, 3.63) is 29.3 Å². The molecule has 15 heavy (non-hydrogen) atoms. The van der Waals surface area contributed by atoms with Gasteiger partial charge >= 0.3 is 0 Å². The van der Waals surface area contributed by atoms with Crippen LogP contribution in [0.5, 0.6) is 0 Å². The zero-order valence-electron chi connectivity index (χ0n) is 9.76. The van der Waals surface area contributed by atoms with E-state index in [1.54, 1.807) is 0 Å². The second-order valence-corrected chi connectivity index (χ2v) is 10.5. The molecule has 0 spiro atoms. The normalized spacial score (nSPS) is 16.3. The summed E-state index contributed by atoms with van der Waals surface area (Å²) in [5.41, 5.74) is 2.26. The molecule has 0 heterocycles. The standard InChI is InChI=1S/C13H18OSi/c1-15(2,3)11-7-8-12-10(9-11)5-4-6-13(12)14/h7-9H,4-6H2,1-3H3. The van der Waals surface area contributed by atoms with Gasteiger partial charge in [-0.2, -0.15) is 0 Å². The van der Waals surface area contributed by atoms with Crippen molar-refractivity contribution in [3.8, 4) is 0 Å². The van der Waals surface area contributed by atoms with Gasteiger partial charge in [0.15, 0.2) is 5.78 Å². The molecule has 1 nitrogen and oxygen atoms in total. The summed E-state index contributed by atoms with van der Waals surface area (Å²) in [5, 5.41) is 1.47. The minimum absolute atomic E-state index is 0.332. The van der Waals surface area contributed by atoms with Crippen LogP contribution in [0.2, 0.25) is 19.6 Å². The molecule has 1 aliphatic rings. The molecule has 0 bridgehead atoms. The van der Waals surface area contributed by atoms with E-state index in [9.17, 15) is 4.79 Å². The largest absolute Gasteiger partial charge is 0.294 e. The van der Waals surface area contributed by atoms with E-state index in [0.717, 1.165) is 24.8 Å². The molecule has 1 aliphatic carbocycles. The number of Topliss-reactive ketones (excluding diaryl/α,β-unsaturated/α-hetero) is 1. The van der Waals surface area contributed by atoms with Crippen molar-refractivity contribution < 1.29 is 4.79 Å². The maximum Gasteiger partial charge on any atom is 0.163 e. The number of hydrogen-bond acceptors (Lipinski definition) is 1. The lowest BCUT2D eigenvalue weighted by Crippen LogP contribution is -2.38. The predicted octanol–water partition coefficient (Wildman–Crippen LogP) is 2.75. The third-order valence-corrected chi connectivity index (χ3v) is 5.16. The highest BCUT2D eigenvalue weighted by molar-refractivity contribution is 6.88. The second kappa shape index (κ2) is 3.60. The van der Waals surface area contributed by atoms with Crippen LogP contribution < -0.4 is 5.19 Å². The van der Waals surface area contributed by atoms with Crippen molar-refractivity contribution in [2.24, 2.45) is 0 Å². The lowest BCUT2D eigenvalue weighted by molar-refractivity contribution is 0.0972. The summed E-state index contributed by atoms with van der Waals surface area (Å²) in [7, 11) is -1.23. The molecule has 0 radical (unpaired) electrons. The number of aryl methyl sites for hydroxylation is 1. The van der Waals surface area contributed by atoms with Crippen LogP contribution in [0, 0.1) is 0 Å². The van der Waals surface area contributed by atoms with Gasteiger partial charge in [0.1, 0.15) is 0 Å². The molecular weight excluding hydrogens is 200 g/mol. The molecule has 0 amide bonds. The van der Waals surface area contributed by atoms with E-state index in [1.807, 2.05) is 6.07 Å². The van der Waals surface area contributed by atoms with Gasteiger partial charge in [-0.3, -0.25) is 4.79 Å². The third-order valence-electron chi connectivity index (χ3n) is 3.12. The Balaban J connectivity index is 2.46. The van der Waals surface area contributed by atoms with Gasteiger partial charge in [-0.05, 0) is 18.4 Å². The first-order valence-corrected chi connectivity index (χ1v) is 9.15. The van der Waals surface area contributed by atoms with E-state index in [1.165, 1.54) is 10.8 Å². The molecule has 0 aliphatic heterocycles. The molecule has 0 fully saturated rings. The van der Waals surface area contributed by atoms with Crippen LogP contribution in [0.4, 0.5) is 0 Å². The van der Waals surface area contributed by atoms with E-state index >= 15 is 0 Å². The highest BCUT2D eigenvalue weighted by Crippen LogP contribution is 2.20. The summed E-state index contributed by atoms with van der Waals surface area (Å²) in [6.45, 7) is 7.04. The summed E-state index contributed by atoms with van der Waals surface area (Å²) in [5.74, 6) is 0.332. The second-order valence-electron chi connectivity index (χ2n) is 5.40. The fourth-order valence-electron chi connectivity index (χ4n) is 2.11. The first-order chi connectivity index (χ1) is 6.98. The average Bonchev–Trinajstić information content (AvgIpc) is 2.16. The number of rotatable bonds is 1. The van der Waals surface area contributed by atoms with Crippen molar-refractivity contribution in [2.75, 3.05) is 0 Å². The lowest BCUT2D eigenvalue weighted by atomic mass is 9.91. The van der Waals surface area contributed by atoms with E-state index in [-0.39, 0.29) is 0 Å². The van der Waals surface area contributed by atoms with Gasteiger partial charge in [-0.15, -0.1) is 0 Å². The van der Waals surface area contributed by atoms with Crippen LogP contribution in [0.15, 0.2) is 18.2 Å². The monoisotopic (exact) mass is 218 g/mol. The third kappa shape index (κ3) is 2.05. The number of hydrogen-bond donors (Lipinski definition) is 0. The van der Waals surface area contributed by atoms with Gasteiger partial charge in [0.25, 0.3) is 0 Å². The molecule has 0 saturated heterocycles. The summed E-state index contributed by atoms with van der Waals surface area (Å²) in [6, 6.07) is 6.48. The molecule has 1 aromatic carbocycles. The van der Waals surface area contributed by atoms with E-state index in [4.69, 9.17) is 0 Å². The topological polar surface area (TPSA) is 17.1 Å². The maximum atomic E-state index is 11.7. The Morgan fingerprint density at radius 3 is 2.53 bits per heavy atom. The van der Waals surface area contributed by atoms with Crippen molar-refractivity contribution in [3.63, 3.8) is 0 Å². The molecule has 0 aromatic heterocycles. The molecule has 2 heteroatoms. The van der Waals surface area contributed by atoms with Crippen LogP contribution in [0.1, 0.15) is 28.8 Å². The quantitative estimate of drug-likeness (QED) is 0.662. The van der Waals surface area contributed by atoms with Crippen LogP contribution in [-0.4, -0.2) is 13.9 Å². The fourth-order valence-corrected chi connectivity index (χ4v) is 3.30. The predicted molar refractivity (Wildman–Crippen MR) is 66.7 cm³/mol. The van der Waals surface area contributed by atoms with E-state index in [0.29, 0.717) is 5.78 Å². The van der Waals surface area contributed by atoms with Gasteiger partial charge in [-0.25, -0.2) is 0 Å². The molecule has 0 unspecified atom stereocenters. The summed E-state index contributed by atoms with van der Waals surface area (Å²) in [6.07, 6.45) is 2.85. The SMILES string of the molecule is C[Si](C)(C)c1ccc2c(c1)CCCC2=O. The maximum absolute atomic E-state index is 11.7. The lowest BCUT2D eigenvalue weighted by Gasteiger charge is -2.21. The molecule has 2 rings (SSSR count). The van der Waals surface area contributed by atoms with Gasteiger partial charge in [0.05, 0.1) is 8.07 Å². The zero-order valence-corrected chi connectivity index (χ0v) is 10.8. The first-order valence-electron chi connectivity index (χ1n) is 5.65. The number of fused-ring (bicyclic) bond motifs is 1. The van der Waals surface area contributed by atoms with Crippen LogP contribution in [0.3, 0.4) is 0 Å². The van der Waals surface area contributed by atoms with Crippen molar-refractivity contribution in [1.29, 1.82) is 0 Å². The molecule has 0 saturated carbocycles. The van der Waals surface area contributed by atoms with Gasteiger partial charge in [-0.1, -0.05) is 43.0 Å². The average molecular weight is 218 g/mol. The Labute approximate surface area is 92.5 Å². The zero-order chi connectivity index (χ0) is 11.1. The molecular formula is C13H18OSi. The molecule has 0 N–H and O–H groups in total. The Bertz CT molecular complexity index is 401. The summed E-state index contributed by atoms with van der Waals surface area (Å²) in [4.78, 5) is 11.7. The Morgan fingerprint density at radius 1 is 1.13 bits per heavy atom. The first kappa shape index (κ1) is 10.6. The van der Waals surface area contributed by atoms with Crippen LogP contribution in [0.25, 0.3) is 0 Å². The number of carbonyl (C=O) groups excluding carboxylic acids is 1. The Hall–Kier alpha value is -0.893. The molecule has 80 valence electrons. The van der Waals surface area contributed by atoms with Gasteiger partial charge in [0, 0.05) is 12.0 Å².